The summed E-state index contributed by atoms with van der Waals surface area (Å²) in [5.41, 5.74) is -1.28. The van der Waals surface area contributed by atoms with Crippen molar-refractivity contribution >= 4 is 12.0 Å². The van der Waals surface area contributed by atoms with Crippen LogP contribution in [-0.4, -0.2) is 67.9 Å². The van der Waals surface area contributed by atoms with Crippen molar-refractivity contribution in [1.29, 1.82) is 0 Å². The summed E-state index contributed by atoms with van der Waals surface area (Å²) in [5, 5.41) is 14.2. The molecule has 1 rings (SSSR count). The zero-order valence-electron chi connectivity index (χ0n) is 10.2. The molecule has 3 N–H and O–H groups in total. The Bertz CT molecular complexity index is 287. The average Bonchev–Trinajstić information content (AvgIpc) is 2.66. The molecular formula is C10H19N3O4. The average molecular weight is 245 g/mol. The van der Waals surface area contributed by atoms with Crippen LogP contribution in [0, 0.1) is 0 Å². The molecule has 1 aliphatic rings. The highest BCUT2D eigenvalue weighted by Crippen LogP contribution is 2.18. The second-order valence-electron chi connectivity index (χ2n) is 4.37. The minimum atomic E-state index is -1.28. The molecule has 2 amide bonds. The van der Waals surface area contributed by atoms with Crippen LogP contribution >= 0.6 is 0 Å². The number of urea groups is 1. The van der Waals surface area contributed by atoms with Gasteiger partial charge in [-0.15, -0.1) is 0 Å². The van der Waals surface area contributed by atoms with E-state index in [4.69, 9.17) is 9.84 Å². The van der Waals surface area contributed by atoms with Gasteiger partial charge in [-0.1, -0.05) is 0 Å². The number of nitrogens with zero attached hydrogens (tertiary/aromatic N) is 1. The summed E-state index contributed by atoms with van der Waals surface area (Å²) in [4.78, 5) is 24.6. The summed E-state index contributed by atoms with van der Waals surface area (Å²) in [6, 6.07) is -0.472. The van der Waals surface area contributed by atoms with E-state index in [2.05, 4.69) is 10.6 Å². The third kappa shape index (κ3) is 3.86. The second kappa shape index (κ2) is 5.83. The Morgan fingerprint density at radius 1 is 1.47 bits per heavy atom. The molecule has 0 bridgehead atoms. The number of rotatable bonds is 5. The highest BCUT2D eigenvalue weighted by atomic mass is 16.5. The van der Waals surface area contributed by atoms with E-state index in [9.17, 15) is 9.59 Å². The predicted molar refractivity (Wildman–Crippen MR) is 60.9 cm³/mol. The van der Waals surface area contributed by atoms with Crippen molar-refractivity contribution in [2.45, 2.75) is 12.0 Å². The maximum atomic E-state index is 11.5. The largest absolute Gasteiger partial charge is 0.479 e. The minimum Gasteiger partial charge on any atom is -0.479 e. The molecule has 1 saturated heterocycles. The number of carboxylic acids is 1. The van der Waals surface area contributed by atoms with Gasteiger partial charge in [-0.25, -0.2) is 9.59 Å². The fraction of sp³-hybridized carbons (Fsp3) is 0.800. The maximum absolute atomic E-state index is 11.5. The van der Waals surface area contributed by atoms with Crippen LogP contribution in [0.1, 0.15) is 6.42 Å². The van der Waals surface area contributed by atoms with Gasteiger partial charge in [0, 0.05) is 26.1 Å². The summed E-state index contributed by atoms with van der Waals surface area (Å²) in [6.45, 7) is 1.53. The van der Waals surface area contributed by atoms with Crippen LogP contribution < -0.4 is 10.6 Å². The first kappa shape index (κ1) is 13.7. The molecule has 1 fully saturated rings. The van der Waals surface area contributed by atoms with Crippen molar-refractivity contribution in [2.75, 3.05) is 40.4 Å². The smallest absolute Gasteiger partial charge is 0.332 e. The molecule has 1 unspecified atom stereocenters. The fourth-order valence-electron chi connectivity index (χ4n) is 1.54. The van der Waals surface area contributed by atoms with Crippen LogP contribution in [-0.2, 0) is 9.53 Å². The van der Waals surface area contributed by atoms with E-state index in [0.717, 1.165) is 0 Å². The number of carboxylic acid groups (broad SMARTS) is 1. The molecule has 0 aromatic heterocycles. The van der Waals surface area contributed by atoms with E-state index in [0.29, 0.717) is 26.1 Å². The Balaban J connectivity index is 2.40. The van der Waals surface area contributed by atoms with Crippen molar-refractivity contribution in [1.82, 2.24) is 15.5 Å². The first-order valence-electron chi connectivity index (χ1n) is 5.48. The van der Waals surface area contributed by atoms with Crippen LogP contribution in [0.4, 0.5) is 4.79 Å². The van der Waals surface area contributed by atoms with Crippen LogP contribution in [0.25, 0.3) is 0 Å². The molecule has 1 atom stereocenters. The van der Waals surface area contributed by atoms with Gasteiger partial charge in [0.15, 0.2) is 5.54 Å². The lowest BCUT2D eigenvalue weighted by Crippen LogP contribution is -2.58. The highest BCUT2D eigenvalue weighted by molar-refractivity contribution is 5.86. The molecule has 0 saturated carbocycles. The lowest BCUT2D eigenvalue weighted by Gasteiger charge is -2.24. The normalized spacial score (nSPS) is 23.7. The number of carbonyl (C=O) groups excluding carboxylic acids is 1. The number of likely N-dealkylation sites (N-methyl/N-ethyl adjacent to an activating group) is 1. The molecule has 7 nitrogen and oxygen atoms in total. The Morgan fingerprint density at radius 2 is 2.18 bits per heavy atom. The second-order valence-corrected chi connectivity index (χ2v) is 4.37. The minimum absolute atomic E-state index is 0.0173. The number of ether oxygens (including phenoxy) is 1. The Kier molecular flexibility index (Phi) is 4.71. The van der Waals surface area contributed by atoms with Crippen LogP contribution in [0.15, 0.2) is 0 Å². The highest BCUT2D eigenvalue weighted by Gasteiger charge is 2.43. The first-order chi connectivity index (χ1) is 7.96. The van der Waals surface area contributed by atoms with Gasteiger partial charge < -0.3 is 25.4 Å². The third-order valence-electron chi connectivity index (χ3n) is 2.63. The first-order valence-corrected chi connectivity index (χ1v) is 5.48. The Hall–Kier alpha value is -1.34. The number of amides is 2. The van der Waals surface area contributed by atoms with Gasteiger partial charge >= 0.3 is 12.0 Å². The van der Waals surface area contributed by atoms with Crippen molar-refractivity contribution in [3.8, 4) is 0 Å². The summed E-state index contributed by atoms with van der Waals surface area (Å²) in [5.74, 6) is -1.06. The van der Waals surface area contributed by atoms with Gasteiger partial charge in [-0.2, -0.15) is 0 Å². The van der Waals surface area contributed by atoms with E-state index in [1.54, 1.807) is 0 Å². The third-order valence-corrected chi connectivity index (χ3v) is 2.63. The van der Waals surface area contributed by atoms with Gasteiger partial charge in [0.25, 0.3) is 0 Å². The predicted octanol–water partition coefficient (Wildman–Crippen LogP) is -0.909. The summed E-state index contributed by atoms with van der Waals surface area (Å²) >= 11 is 0. The van der Waals surface area contributed by atoms with E-state index >= 15 is 0 Å². The molecule has 1 aliphatic heterocycles. The van der Waals surface area contributed by atoms with Crippen LogP contribution in [0.3, 0.4) is 0 Å². The lowest BCUT2D eigenvalue weighted by atomic mass is 9.99. The van der Waals surface area contributed by atoms with E-state index in [1.165, 1.54) is 0 Å². The molecule has 0 radical (unpaired) electrons. The van der Waals surface area contributed by atoms with E-state index < -0.39 is 17.5 Å². The van der Waals surface area contributed by atoms with Gasteiger partial charge in [0.05, 0.1) is 6.61 Å². The molecule has 0 aromatic rings. The van der Waals surface area contributed by atoms with E-state index in [-0.39, 0.29) is 6.61 Å². The molecule has 0 spiro atoms. The molecule has 98 valence electrons. The molecule has 17 heavy (non-hydrogen) atoms. The van der Waals surface area contributed by atoms with Crippen molar-refractivity contribution in [3.63, 3.8) is 0 Å². The Labute approximate surface area is 100 Å². The van der Waals surface area contributed by atoms with Crippen molar-refractivity contribution < 1.29 is 19.4 Å². The molecular weight excluding hydrogens is 226 g/mol. The van der Waals surface area contributed by atoms with Crippen molar-refractivity contribution in [2.24, 2.45) is 0 Å². The zero-order chi connectivity index (χ0) is 12.9. The number of aliphatic carboxylic acids is 1. The van der Waals surface area contributed by atoms with Gasteiger partial charge in [0.1, 0.15) is 0 Å². The number of hydrogen-bond donors (Lipinski definition) is 3. The fourth-order valence-corrected chi connectivity index (χ4v) is 1.54. The van der Waals surface area contributed by atoms with Crippen molar-refractivity contribution in [3.05, 3.63) is 0 Å². The van der Waals surface area contributed by atoms with Crippen LogP contribution in [0.2, 0.25) is 0 Å². The molecule has 1 heterocycles. The SMILES string of the molecule is CN(C)CCNC(=O)NC1(C(=O)O)CCOC1. The number of hydrogen-bond acceptors (Lipinski definition) is 4. The molecule has 7 heteroatoms. The summed E-state index contributed by atoms with van der Waals surface area (Å²) < 4.78 is 5.03. The topological polar surface area (TPSA) is 90.9 Å². The summed E-state index contributed by atoms with van der Waals surface area (Å²) in [6.07, 6.45) is 0.295. The van der Waals surface area contributed by atoms with Gasteiger partial charge in [-0.3, -0.25) is 0 Å². The number of nitrogens with one attached hydrogen (secondary N) is 2. The van der Waals surface area contributed by atoms with Crippen LogP contribution in [0.5, 0.6) is 0 Å². The lowest BCUT2D eigenvalue weighted by molar-refractivity contribution is -0.144. The zero-order valence-corrected chi connectivity index (χ0v) is 10.2. The number of carbonyl (C=O) groups is 2. The standard InChI is InChI=1S/C10H19N3O4/c1-13(2)5-4-11-9(16)12-10(8(14)15)3-6-17-7-10/h3-7H2,1-2H3,(H,14,15)(H2,11,12,16). The van der Waals surface area contributed by atoms with Gasteiger partial charge in [-0.05, 0) is 14.1 Å². The quantitative estimate of drug-likeness (QED) is 0.583. The monoisotopic (exact) mass is 245 g/mol. The Morgan fingerprint density at radius 3 is 2.65 bits per heavy atom. The molecule has 0 aromatic carbocycles. The maximum Gasteiger partial charge on any atom is 0.332 e. The van der Waals surface area contributed by atoms with E-state index in [1.807, 2.05) is 19.0 Å². The summed E-state index contributed by atoms with van der Waals surface area (Å²) in [7, 11) is 3.78. The van der Waals surface area contributed by atoms with Gasteiger partial charge in [0.2, 0.25) is 0 Å². The molecule has 0 aliphatic carbocycles.